The van der Waals surface area contributed by atoms with Gasteiger partial charge < -0.3 is 4.57 Å². The highest BCUT2D eigenvalue weighted by Gasteiger charge is 2.13. The molecule has 0 radical (unpaired) electrons. The maximum Gasteiger partial charge on any atom is 0.350 e. The molecule has 6 nitrogen and oxygen atoms in total. The predicted octanol–water partition coefficient (Wildman–Crippen LogP) is 2.05. The average Bonchev–Trinajstić information content (AvgIpc) is 3.05. The van der Waals surface area contributed by atoms with Crippen molar-refractivity contribution < 1.29 is 4.39 Å². The summed E-state index contributed by atoms with van der Waals surface area (Å²) in [5, 5.41) is 4.31. The Morgan fingerprint density at radius 3 is 2.87 bits per heavy atom. The summed E-state index contributed by atoms with van der Waals surface area (Å²) < 4.78 is 18.2. The third-order valence-electron chi connectivity index (χ3n) is 3.89. The summed E-state index contributed by atoms with van der Waals surface area (Å²) in [6, 6.07) is 9.91. The van der Waals surface area contributed by atoms with Gasteiger partial charge in [0.15, 0.2) is 5.65 Å². The average molecular weight is 311 g/mol. The van der Waals surface area contributed by atoms with Crippen LogP contribution in [-0.4, -0.2) is 23.7 Å². The third kappa shape index (κ3) is 2.12. The molecule has 1 aromatic carbocycles. The Morgan fingerprint density at radius 2 is 2.09 bits per heavy atom. The van der Waals surface area contributed by atoms with E-state index in [1.807, 2.05) is 17.6 Å². The molecule has 0 unspecified atom stereocenters. The molecule has 0 aliphatic heterocycles. The van der Waals surface area contributed by atoms with Crippen LogP contribution in [0.4, 0.5) is 4.39 Å². The van der Waals surface area contributed by atoms with E-state index in [1.165, 1.54) is 21.2 Å². The van der Waals surface area contributed by atoms with Gasteiger partial charge in [-0.1, -0.05) is 6.07 Å². The first-order valence-corrected chi connectivity index (χ1v) is 7.36. The minimum atomic E-state index is -0.324. The van der Waals surface area contributed by atoms with E-state index in [0.717, 1.165) is 5.52 Å². The van der Waals surface area contributed by atoms with Crippen LogP contribution in [0.15, 0.2) is 47.4 Å². The van der Waals surface area contributed by atoms with Gasteiger partial charge in [-0.3, -0.25) is 4.40 Å². The molecule has 0 fully saturated rings. The number of halogens is 1. The molecule has 3 aromatic heterocycles. The number of pyridine rings is 1. The molecule has 0 saturated heterocycles. The highest BCUT2D eigenvalue weighted by atomic mass is 19.1. The molecular weight excluding hydrogens is 297 g/mol. The van der Waals surface area contributed by atoms with Crippen molar-refractivity contribution in [1.82, 2.24) is 23.7 Å². The Bertz CT molecular complexity index is 1080. The first kappa shape index (κ1) is 13.7. The van der Waals surface area contributed by atoms with E-state index in [1.54, 1.807) is 24.4 Å². The zero-order chi connectivity index (χ0) is 16.0. The lowest BCUT2D eigenvalue weighted by molar-refractivity contribution is 0.597. The van der Waals surface area contributed by atoms with Crippen LogP contribution in [0, 0.1) is 5.82 Å². The summed E-state index contributed by atoms with van der Waals surface area (Å²) in [4.78, 5) is 16.8. The molecule has 23 heavy (non-hydrogen) atoms. The van der Waals surface area contributed by atoms with Crippen LogP contribution in [0.3, 0.4) is 0 Å². The van der Waals surface area contributed by atoms with Crippen molar-refractivity contribution in [2.24, 2.45) is 0 Å². The van der Waals surface area contributed by atoms with Crippen molar-refractivity contribution >= 4 is 16.7 Å². The summed E-state index contributed by atoms with van der Waals surface area (Å²) in [5.41, 5.74) is 1.79. The number of aryl methyl sites for hydroxylation is 1. The van der Waals surface area contributed by atoms with Crippen molar-refractivity contribution in [3.05, 3.63) is 64.7 Å². The Hall–Kier alpha value is -2.96. The zero-order valence-electron chi connectivity index (χ0n) is 12.5. The lowest BCUT2D eigenvalue weighted by Gasteiger charge is -2.05. The predicted molar refractivity (Wildman–Crippen MR) is 83.9 cm³/mol. The van der Waals surface area contributed by atoms with Gasteiger partial charge in [0.2, 0.25) is 0 Å². The second kappa shape index (κ2) is 5.05. The molecule has 0 aliphatic carbocycles. The Labute approximate surface area is 130 Å². The molecule has 0 aliphatic rings. The summed E-state index contributed by atoms with van der Waals surface area (Å²) in [6.45, 7) is 2.91. The maximum atomic E-state index is 13.4. The first-order valence-electron chi connectivity index (χ1n) is 7.36. The highest BCUT2D eigenvalue weighted by Crippen LogP contribution is 2.18. The number of fused-ring (bicyclic) bond motifs is 2. The van der Waals surface area contributed by atoms with E-state index in [4.69, 9.17) is 0 Å². The normalized spacial score (nSPS) is 11.6. The molecule has 3 heterocycles. The van der Waals surface area contributed by atoms with Gasteiger partial charge in [-0.15, -0.1) is 5.10 Å². The summed E-state index contributed by atoms with van der Waals surface area (Å²) in [6.07, 6.45) is 1.68. The van der Waals surface area contributed by atoms with Gasteiger partial charge in [-0.25, -0.2) is 18.9 Å². The van der Waals surface area contributed by atoms with E-state index >= 15 is 0 Å². The molecule has 7 heteroatoms. The fourth-order valence-corrected chi connectivity index (χ4v) is 2.83. The second-order valence-electron chi connectivity index (χ2n) is 5.27. The van der Waals surface area contributed by atoms with E-state index in [2.05, 4.69) is 10.1 Å². The lowest BCUT2D eigenvalue weighted by atomic mass is 10.3. The lowest BCUT2D eigenvalue weighted by Crippen LogP contribution is -2.23. The van der Waals surface area contributed by atoms with Crippen molar-refractivity contribution in [3.8, 4) is 0 Å². The smallest absolute Gasteiger partial charge is 0.327 e. The number of hydrogen-bond donors (Lipinski definition) is 0. The molecular formula is C16H14FN5O. The fourth-order valence-electron chi connectivity index (χ4n) is 2.83. The number of hydrogen-bond acceptors (Lipinski definition) is 3. The summed E-state index contributed by atoms with van der Waals surface area (Å²) in [5.74, 6) is 0.355. The van der Waals surface area contributed by atoms with Gasteiger partial charge in [0, 0.05) is 18.8 Å². The molecule has 0 amide bonds. The summed E-state index contributed by atoms with van der Waals surface area (Å²) in [7, 11) is 0. The number of nitrogens with zero attached hydrogens (tertiary/aromatic N) is 5. The number of benzene rings is 1. The van der Waals surface area contributed by atoms with Gasteiger partial charge >= 0.3 is 5.69 Å². The van der Waals surface area contributed by atoms with Crippen LogP contribution < -0.4 is 5.69 Å². The van der Waals surface area contributed by atoms with Crippen LogP contribution in [0.2, 0.25) is 0 Å². The van der Waals surface area contributed by atoms with Crippen molar-refractivity contribution in [2.75, 3.05) is 0 Å². The molecule has 4 aromatic rings. The van der Waals surface area contributed by atoms with Gasteiger partial charge in [0.1, 0.15) is 18.2 Å². The standard InChI is InChI=1S/C16H14FN5O/c1-2-20-13-7-6-11(17)9-12(13)18-15(20)10-22-16(23)21-8-4-3-5-14(21)19-22/h3-9H,2,10H2,1H3. The second-order valence-corrected chi connectivity index (χ2v) is 5.27. The minimum Gasteiger partial charge on any atom is -0.327 e. The molecule has 116 valence electrons. The fraction of sp³-hybridized carbons (Fsp3) is 0.188. The molecule has 0 atom stereocenters. The van der Waals surface area contributed by atoms with Crippen molar-refractivity contribution in [3.63, 3.8) is 0 Å². The molecule has 0 saturated carbocycles. The Kier molecular flexibility index (Phi) is 3.00. The van der Waals surface area contributed by atoms with Crippen LogP contribution >= 0.6 is 0 Å². The first-order chi connectivity index (χ1) is 11.2. The minimum absolute atomic E-state index is 0.221. The van der Waals surface area contributed by atoms with Crippen LogP contribution in [0.25, 0.3) is 16.7 Å². The molecule has 0 bridgehead atoms. The SMILES string of the molecule is CCn1c(Cn2nc3ccccn3c2=O)nc2cc(F)ccc21. The molecule has 0 spiro atoms. The van der Waals surface area contributed by atoms with Crippen molar-refractivity contribution in [1.29, 1.82) is 0 Å². The monoisotopic (exact) mass is 311 g/mol. The largest absolute Gasteiger partial charge is 0.350 e. The van der Waals surface area contributed by atoms with E-state index in [9.17, 15) is 9.18 Å². The van der Waals surface area contributed by atoms with Crippen LogP contribution in [0.1, 0.15) is 12.7 Å². The molecule has 4 rings (SSSR count). The van der Waals surface area contributed by atoms with Crippen LogP contribution in [-0.2, 0) is 13.1 Å². The number of aromatic nitrogens is 5. The van der Waals surface area contributed by atoms with Gasteiger partial charge in [-0.05, 0) is 31.2 Å². The van der Waals surface area contributed by atoms with Crippen molar-refractivity contribution in [2.45, 2.75) is 20.0 Å². The quantitative estimate of drug-likeness (QED) is 0.582. The number of imidazole rings is 1. The van der Waals surface area contributed by atoms with Gasteiger partial charge in [0.05, 0.1) is 11.0 Å². The third-order valence-corrected chi connectivity index (χ3v) is 3.89. The highest BCUT2D eigenvalue weighted by molar-refractivity contribution is 5.76. The Balaban J connectivity index is 1.85. The van der Waals surface area contributed by atoms with Gasteiger partial charge in [-0.2, -0.15) is 0 Å². The van der Waals surface area contributed by atoms with E-state index in [0.29, 0.717) is 23.5 Å². The maximum absolute atomic E-state index is 13.4. The van der Waals surface area contributed by atoms with E-state index < -0.39 is 0 Å². The van der Waals surface area contributed by atoms with E-state index in [-0.39, 0.29) is 18.1 Å². The summed E-state index contributed by atoms with van der Waals surface area (Å²) >= 11 is 0. The number of rotatable bonds is 3. The van der Waals surface area contributed by atoms with Gasteiger partial charge in [0.25, 0.3) is 0 Å². The van der Waals surface area contributed by atoms with Crippen LogP contribution in [0.5, 0.6) is 0 Å². The Morgan fingerprint density at radius 1 is 1.22 bits per heavy atom. The topological polar surface area (TPSA) is 57.1 Å². The molecule has 0 N–H and O–H groups in total. The zero-order valence-corrected chi connectivity index (χ0v) is 12.5.